The standard InChI is InChI=1S/C29H32N2O2/c1-23(27(32)30-26-15-9-4-10-16-26)31-20-17-28(18-21-31,19-22-31)29(33,24-11-5-2-6-12-24)25-13-7-3-8-14-25/h2-16,23,33H,17-22H2,1H3/p+1/t23-,28?,31?/m0/s1. The van der Waals surface area contributed by atoms with Crippen molar-refractivity contribution in [1.29, 1.82) is 0 Å². The van der Waals surface area contributed by atoms with E-state index in [2.05, 4.69) is 36.5 Å². The number of amides is 1. The number of benzene rings is 3. The summed E-state index contributed by atoms with van der Waals surface area (Å²) in [4.78, 5) is 13.1. The summed E-state index contributed by atoms with van der Waals surface area (Å²) in [7, 11) is 0. The molecule has 0 aromatic heterocycles. The molecule has 3 heterocycles. The molecule has 1 amide bonds. The molecule has 1 atom stereocenters. The van der Waals surface area contributed by atoms with Gasteiger partial charge in [0.05, 0.1) is 19.6 Å². The summed E-state index contributed by atoms with van der Waals surface area (Å²) in [5.74, 6) is 0.0805. The van der Waals surface area contributed by atoms with Crippen molar-refractivity contribution in [2.45, 2.75) is 37.8 Å². The fourth-order valence-electron chi connectivity index (χ4n) is 6.30. The van der Waals surface area contributed by atoms with E-state index in [0.29, 0.717) is 0 Å². The van der Waals surface area contributed by atoms with Crippen molar-refractivity contribution < 1.29 is 14.4 Å². The van der Waals surface area contributed by atoms with E-state index in [1.165, 1.54) is 0 Å². The van der Waals surface area contributed by atoms with Crippen LogP contribution in [0.3, 0.4) is 0 Å². The first-order chi connectivity index (χ1) is 16.0. The molecule has 0 radical (unpaired) electrons. The predicted molar refractivity (Wildman–Crippen MR) is 132 cm³/mol. The Morgan fingerprint density at radius 2 is 1.24 bits per heavy atom. The molecule has 170 valence electrons. The van der Waals surface area contributed by atoms with Crippen LogP contribution in [0.25, 0.3) is 0 Å². The molecular formula is C29H33N2O2+. The first-order valence-electron chi connectivity index (χ1n) is 12.0. The van der Waals surface area contributed by atoms with Crippen molar-refractivity contribution >= 4 is 11.6 Å². The van der Waals surface area contributed by atoms with Crippen LogP contribution in [0.2, 0.25) is 0 Å². The highest BCUT2D eigenvalue weighted by molar-refractivity contribution is 5.93. The van der Waals surface area contributed by atoms with Gasteiger partial charge in [0.2, 0.25) is 0 Å². The minimum Gasteiger partial charge on any atom is -0.380 e. The minimum atomic E-state index is -1.04. The molecule has 3 fully saturated rings. The van der Waals surface area contributed by atoms with E-state index in [1.54, 1.807) is 0 Å². The maximum absolute atomic E-state index is 13.1. The molecule has 4 heteroatoms. The van der Waals surface area contributed by atoms with Crippen LogP contribution in [0, 0.1) is 5.41 Å². The number of fused-ring (bicyclic) bond motifs is 3. The van der Waals surface area contributed by atoms with Gasteiger partial charge in [-0.3, -0.25) is 4.79 Å². The fraction of sp³-hybridized carbons (Fsp3) is 0.345. The van der Waals surface area contributed by atoms with Crippen LogP contribution in [-0.2, 0) is 10.4 Å². The van der Waals surface area contributed by atoms with Crippen LogP contribution in [0.5, 0.6) is 0 Å². The largest absolute Gasteiger partial charge is 0.380 e. The molecule has 0 aliphatic carbocycles. The van der Waals surface area contributed by atoms with Crippen LogP contribution in [0.1, 0.15) is 37.3 Å². The molecule has 0 spiro atoms. The third-order valence-corrected chi connectivity index (χ3v) is 8.50. The van der Waals surface area contributed by atoms with Gasteiger partial charge in [-0.25, -0.2) is 0 Å². The Hall–Kier alpha value is -2.95. The Balaban J connectivity index is 1.42. The molecule has 2 N–H and O–H groups in total. The van der Waals surface area contributed by atoms with Crippen LogP contribution in [0.4, 0.5) is 5.69 Å². The lowest BCUT2D eigenvalue weighted by Crippen LogP contribution is -2.70. The van der Waals surface area contributed by atoms with E-state index in [9.17, 15) is 9.90 Å². The summed E-state index contributed by atoms with van der Waals surface area (Å²) in [6.45, 7) is 4.79. The van der Waals surface area contributed by atoms with Gasteiger partial charge < -0.3 is 14.9 Å². The highest BCUT2D eigenvalue weighted by Crippen LogP contribution is 2.57. The number of carbonyl (C=O) groups excluding carboxylic acids is 1. The zero-order valence-electron chi connectivity index (χ0n) is 19.3. The molecule has 3 saturated heterocycles. The summed E-state index contributed by atoms with van der Waals surface area (Å²) in [5.41, 5.74) is 1.51. The van der Waals surface area contributed by atoms with Crippen LogP contribution >= 0.6 is 0 Å². The van der Waals surface area contributed by atoms with Crippen molar-refractivity contribution in [3.8, 4) is 0 Å². The Kier molecular flexibility index (Phi) is 5.59. The van der Waals surface area contributed by atoms with Gasteiger partial charge in [-0.15, -0.1) is 0 Å². The summed E-state index contributed by atoms with van der Waals surface area (Å²) in [6, 6.07) is 29.9. The number of quaternary nitrogens is 1. The second-order valence-electron chi connectivity index (χ2n) is 9.89. The van der Waals surface area contributed by atoms with Crippen LogP contribution < -0.4 is 5.32 Å². The predicted octanol–water partition coefficient (Wildman–Crippen LogP) is 4.95. The van der Waals surface area contributed by atoms with E-state index in [-0.39, 0.29) is 17.4 Å². The normalized spacial score (nSPS) is 25.4. The summed E-state index contributed by atoms with van der Waals surface area (Å²) < 4.78 is 0.806. The van der Waals surface area contributed by atoms with E-state index in [4.69, 9.17) is 0 Å². The van der Waals surface area contributed by atoms with Gasteiger partial charge in [0.15, 0.2) is 6.04 Å². The molecule has 4 nitrogen and oxygen atoms in total. The fourth-order valence-corrected chi connectivity index (χ4v) is 6.30. The Labute approximate surface area is 196 Å². The number of rotatable bonds is 6. The third kappa shape index (κ3) is 3.58. The number of anilines is 1. The van der Waals surface area contributed by atoms with Gasteiger partial charge in [-0.05, 0) is 30.2 Å². The second-order valence-corrected chi connectivity index (χ2v) is 9.89. The zero-order valence-corrected chi connectivity index (χ0v) is 19.3. The SMILES string of the molecule is C[C@@H](C(=O)Nc1ccccc1)[N+]12CCC(C(O)(c3ccccc3)c3ccccc3)(CC1)CC2. The lowest BCUT2D eigenvalue weighted by molar-refractivity contribution is -0.958. The first kappa shape index (κ1) is 21.9. The Morgan fingerprint density at radius 1 is 0.818 bits per heavy atom. The smallest absolute Gasteiger partial charge is 0.282 e. The lowest BCUT2D eigenvalue weighted by atomic mass is 9.56. The number of hydrogen-bond donors (Lipinski definition) is 2. The molecule has 0 unspecified atom stereocenters. The van der Waals surface area contributed by atoms with Crippen molar-refractivity contribution in [3.05, 3.63) is 102 Å². The molecule has 6 rings (SSSR count). The minimum absolute atomic E-state index is 0.0805. The van der Waals surface area contributed by atoms with E-state index in [1.807, 2.05) is 66.7 Å². The molecule has 3 aromatic rings. The molecule has 2 bridgehead atoms. The molecule has 3 aromatic carbocycles. The third-order valence-electron chi connectivity index (χ3n) is 8.50. The molecule has 33 heavy (non-hydrogen) atoms. The van der Waals surface area contributed by atoms with Gasteiger partial charge in [0.1, 0.15) is 5.60 Å². The van der Waals surface area contributed by atoms with E-state index in [0.717, 1.165) is 60.2 Å². The summed E-state index contributed by atoms with van der Waals surface area (Å²) in [6.07, 6.45) is 2.70. The molecule has 3 aliphatic heterocycles. The maximum atomic E-state index is 13.1. The number of aliphatic hydroxyl groups is 1. The zero-order chi connectivity index (χ0) is 22.9. The molecule has 0 saturated carbocycles. The number of carbonyl (C=O) groups is 1. The van der Waals surface area contributed by atoms with Crippen molar-refractivity contribution in [3.63, 3.8) is 0 Å². The van der Waals surface area contributed by atoms with Gasteiger partial charge in [0.25, 0.3) is 5.91 Å². The number of piperidine rings is 3. The summed E-state index contributed by atoms with van der Waals surface area (Å²) in [5, 5.41) is 15.6. The number of nitrogens with one attached hydrogen (secondary N) is 1. The Morgan fingerprint density at radius 3 is 1.70 bits per heavy atom. The van der Waals surface area contributed by atoms with Gasteiger partial charge >= 0.3 is 0 Å². The maximum Gasteiger partial charge on any atom is 0.282 e. The average molecular weight is 442 g/mol. The highest BCUT2D eigenvalue weighted by atomic mass is 16.3. The molecule has 3 aliphatic rings. The second kappa shape index (κ2) is 8.44. The van der Waals surface area contributed by atoms with Crippen molar-refractivity contribution in [2.75, 3.05) is 25.0 Å². The van der Waals surface area contributed by atoms with Gasteiger partial charge in [-0.1, -0.05) is 78.9 Å². The van der Waals surface area contributed by atoms with Gasteiger partial charge in [0, 0.05) is 30.4 Å². The van der Waals surface area contributed by atoms with Gasteiger partial charge in [-0.2, -0.15) is 0 Å². The van der Waals surface area contributed by atoms with Crippen LogP contribution in [-0.4, -0.2) is 41.2 Å². The Bertz CT molecular complexity index is 1030. The first-order valence-corrected chi connectivity index (χ1v) is 12.0. The summed E-state index contributed by atoms with van der Waals surface area (Å²) >= 11 is 0. The topological polar surface area (TPSA) is 49.3 Å². The highest BCUT2D eigenvalue weighted by Gasteiger charge is 2.61. The van der Waals surface area contributed by atoms with E-state index >= 15 is 0 Å². The van der Waals surface area contributed by atoms with Crippen LogP contribution in [0.15, 0.2) is 91.0 Å². The van der Waals surface area contributed by atoms with E-state index < -0.39 is 5.60 Å². The van der Waals surface area contributed by atoms with Crippen molar-refractivity contribution in [1.82, 2.24) is 0 Å². The monoisotopic (exact) mass is 441 g/mol. The number of nitrogens with zero attached hydrogens (tertiary/aromatic N) is 1. The average Bonchev–Trinajstić information content (AvgIpc) is 2.90. The number of hydrogen-bond acceptors (Lipinski definition) is 2. The molecular weight excluding hydrogens is 408 g/mol. The van der Waals surface area contributed by atoms with Crippen molar-refractivity contribution in [2.24, 2.45) is 5.41 Å². The number of para-hydroxylation sites is 1. The quantitative estimate of drug-likeness (QED) is 0.532. The lowest BCUT2D eigenvalue weighted by Gasteiger charge is -2.61.